The van der Waals surface area contributed by atoms with Gasteiger partial charge in [0.2, 0.25) is 5.91 Å². The van der Waals surface area contributed by atoms with E-state index in [9.17, 15) is 48.6 Å². The number of rotatable bonds is 13. The highest BCUT2D eigenvalue weighted by atomic mass is 31.3. The van der Waals surface area contributed by atoms with Gasteiger partial charge in [-0.25, -0.2) is 9.13 Å². The number of carbonyl (C=O) groups excluding carboxylic acids is 3. The molecular formula is C33H47NO14P2. The van der Waals surface area contributed by atoms with Gasteiger partial charge in [-0.15, -0.1) is 5.92 Å². The molecule has 6 N–H and O–H groups in total. The van der Waals surface area contributed by atoms with E-state index >= 15 is 0 Å². The number of phosphoric acid groups is 2. The van der Waals surface area contributed by atoms with Crippen LogP contribution < -0.4 is 5.32 Å². The minimum Gasteiger partial charge on any atom is -0.390 e. The molecule has 0 aromatic heterocycles. The van der Waals surface area contributed by atoms with Crippen LogP contribution in [0.25, 0.3) is 0 Å². The maximum absolute atomic E-state index is 13.4. The molecule has 1 amide bonds. The molecule has 0 heterocycles. The number of ether oxygens (including phenoxy) is 1. The van der Waals surface area contributed by atoms with Gasteiger partial charge in [0, 0.05) is 29.7 Å². The summed E-state index contributed by atoms with van der Waals surface area (Å²) in [5.41, 5.74) is -4.01. The van der Waals surface area contributed by atoms with Crippen LogP contribution in [0.3, 0.4) is 0 Å². The molecule has 0 aromatic rings. The van der Waals surface area contributed by atoms with Crippen LogP contribution in [-0.4, -0.2) is 92.9 Å². The Hall–Kier alpha value is -2.05. The number of Topliss-reactive ketones (excluding diaryl/α,β-unsaturated/α-hetero) is 1. The highest BCUT2D eigenvalue weighted by molar-refractivity contribution is 7.61. The number of fused-ring (bicyclic) bond motifs is 5. The van der Waals surface area contributed by atoms with Gasteiger partial charge in [-0.1, -0.05) is 37.8 Å². The standard InChI is InChI=1S/C33H47NO14P2/c1-31-13-12-22(36)16-21(31)10-11-24-25-17-27(37)33(40,28(38)19-35)32(25,2)18-26(30(24)31)47-50(43,44)48-49(41,42)46-15-14-34-29(39)20-45-23-8-6-4-3-5-7-9-23/h12-13,16,23-27,30,35,37,40H,3-6,8,10-11,14-15,17-20H2,1-2H3,(H,34,39)(H,41,42)(H,43,44)/t23?,24-,25-,26-,27+,30+,31?,32-,33-/m0/s1. The lowest BCUT2D eigenvalue weighted by molar-refractivity contribution is -0.188. The normalized spacial score (nSPS) is 38.8. The van der Waals surface area contributed by atoms with Gasteiger partial charge < -0.3 is 35.2 Å². The van der Waals surface area contributed by atoms with Gasteiger partial charge >= 0.3 is 15.6 Å². The fourth-order valence-electron chi connectivity index (χ4n) is 9.05. The molecule has 50 heavy (non-hydrogen) atoms. The molecule has 5 rings (SSSR count). The average Bonchev–Trinajstić information content (AvgIpc) is 3.23. The first kappa shape index (κ1) is 39.2. The van der Waals surface area contributed by atoms with Crippen LogP contribution in [0.5, 0.6) is 0 Å². The molecule has 0 spiro atoms. The molecule has 4 unspecified atom stereocenters. The van der Waals surface area contributed by atoms with Crippen molar-refractivity contribution in [3.05, 3.63) is 23.8 Å². The van der Waals surface area contributed by atoms with Crippen molar-refractivity contribution >= 4 is 33.1 Å². The van der Waals surface area contributed by atoms with E-state index in [-0.39, 0.29) is 37.9 Å². The molecule has 278 valence electrons. The lowest BCUT2D eigenvalue weighted by Crippen LogP contribution is -2.64. The fourth-order valence-corrected chi connectivity index (χ4v) is 11.3. The predicted molar refractivity (Wildman–Crippen MR) is 176 cm³/mol. The summed E-state index contributed by atoms with van der Waals surface area (Å²) in [5.74, 6) is 2.66. The first-order valence-corrected chi connectivity index (χ1v) is 20.0. The van der Waals surface area contributed by atoms with Gasteiger partial charge in [0.05, 0.1) is 18.8 Å². The Balaban J connectivity index is 1.27. The van der Waals surface area contributed by atoms with Crippen molar-refractivity contribution in [3.8, 4) is 11.8 Å². The number of carbonyl (C=O) groups is 3. The summed E-state index contributed by atoms with van der Waals surface area (Å²) in [6.07, 6.45) is 6.42. The van der Waals surface area contributed by atoms with Crippen molar-refractivity contribution in [2.24, 2.45) is 28.6 Å². The third kappa shape index (κ3) is 7.82. The van der Waals surface area contributed by atoms with E-state index in [0.717, 1.165) is 31.3 Å². The molecule has 5 aliphatic carbocycles. The van der Waals surface area contributed by atoms with Gasteiger partial charge in [0.25, 0.3) is 0 Å². The van der Waals surface area contributed by atoms with E-state index in [2.05, 4.69) is 21.5 Å². The van der Waals surface area contributed by atoms with E-state index in [4.69, 9.17) is 13.8 Å². The average molecular weight is 744 g/mol. The van der Waals surface area contributed by atoms with Crippen molar-refractivity contribution in [1.82, 2.24) is 5.32 Å². The fraction of sp³-hybridized carbons (Fsp3) is 0.727. The number of aliphatic hydroxyl groups is 3. The molecule has 15 nitrogen and oxygen atoms in total. The van der Waals surface area contributed by atoms with Crippen molar-refractivity contribution in [2.45, 2.75) is 95.5 Å². The van der Waals surface area contributed by atoms with Crippen molar-refractivity contribution in [2.75, 3.05) is 26.4 Å². The largest absolute Gasteiger partial charge is 0.481 e. The first-order chi connectivity index (χ1) is 23.5. The topological polar surface area (TPSA) is 235 Å². The SMILES string of the molecule is CC12C=CC(=O)C=C1CC[C@@H]1[C@@H]2[C@@H](OP(=O)(O)OP(=O)(O)OCCNC(=O)COC2C#CCCCCC2)C[C@@]2(C)[C@H]1C[C@@H](O)[C@]2(O)C(=O)CO. The summed E-state index contributed by atoms with van der Waals surface area (Å²) in [4.78, 5) is 58.6. The molecule has 3 saturated carbocycles. The Morgan fingerprint density at radius 2 is 1.88 bits per heavy atom. The van der Waals surface area contributed by atoms with Crippen LogP contribution in [0.1, 0.15) is 71.6 Å². The smallest absolute Gasteiger partial charge is 0.390 e. The molecule has 0 radical (unpaired) electrons. The van der Waals surface area contributed by atoms with Crippen LogP contribution >= 0.6 is 15.6 Å². The van der Waals surface area contributed by atoms with Crippen LogP contribution in [-0.2, 0) is 41.6 Å². The van der Waals surface area contributed by atoms with Gasteiger partial charge in [0.1, 0.15) is 19.3 Å². The number of hydrogen-bond acceptors (Lipinski definition) is 12. The Kier molecular flexibility index (Phi) is 11.8. The number of phosphoric ester groups is 2. The Morgan fingerprint density at radius 3 is 2.62 bits per heavy atom. The zero-order valence-electron chi connectivity index (χ0n) is 28.2. The van der Waals surface area contributed by atoms with E-state index in [1.54, 1.807) is 13.0 Å². The summed E-state index contributed by atoms with van der Waals surface area (Å²) >= 11 is 0. The number of aliphatic hydroxyl groups excluding tert-OH is 2. The number of amides is 1. The molecule has 0 bridgehead atoms. The second kappa shape index (κ2) is 15.1. The summed E-state index contributed by atoms with van der Waals surface area (Å²) < 4.78 is 46.9. The molecule has 17 heteroatoms. The zero-order chi connectivity index (χ0) is 36.5. The summed E-state index contributed by atoms with van der Waals surface area (Å²) in [6.45, 7) is 1.21. The molecular weight excluding hydrogens is 696 g/mol. The summed E-state index contributed by atoms with van der Waals surface area (Å²) in [6, 6.07) is 0. The third-order valence-electron chi connectivity index (χ3n) is 11.4. The van der Waals surface area contributed by atoms with Crippen LogP contribution in [0.2, 0.25) is 0 Å². The Bertz CT molecular complexity index is 1570. The van der Waals surface area contributed by atoms with Gasteiger partial charge in [-0.2, -0.15) is 4.31 Å². The summed E-state index contributed by atoms with van der Waals surface area (Å²) in [7, 11) is -10.7. The van der Waals surface area contributed by atoms with Crippen LogP contribution in [0.15, 0.2) is 23.8 Å². The minimum absolute atomic E-state index is 0.00864. The number of nitrogens with one attached hydrogen (secondary N) is 1. The lowest BCUT2D eigenvalue weighted by atomic mass is 9.46. The van der Waals surface area contributed by atoms with Gasteiger partial charge in [0.15, 0.2) is 17.2 Å². The van der Waals surface area contributed by atoms with E-state index in [1.165, 1.54) is 12.2 Å². The third-order valence-corrected chi connectivity index (χ3v) is 14.1. The van der Waals surface area contributed by atoms with E-state index in [1.807, 2.05) is 6.92 Å². The quantitative estimate of drug-likeness (QED) is 0.0903. The molecule has 5 aliphatic rings. The molecule has 0 aromatic carbocycles. The molecule has 11 atom stereocenters. The second-order valence-electron chi connectivity index (χ2n) is 14.3. The Labute approximate surface area is 291 Å². The number of ketones is 2. The molecule has 0 aliphatic heterocycles. The lowest BCUT2D eigenvalue weighted by Gasteiger charge is -2.60. The van der Waals surface area contributed by atoms with Crippen molar-refractivity contribution < 1.29 is 66.7 Å². The molecule has 0 saturated heterocycles. The minimum atomic E-state index is -5.44. The van der Waals surface area contributed by atoms with Crippen molar-refractivity contribution in [3.63, 3.8) is 0 Å². The van der Waals surface area contributed by atoms with Crippen LogP contribution in [0, 0.1) is 40.4 Å². The maximum Gasteiger partial charge on any atom is 0.481 e. The maximum atomic E-state index is 13.4. The number of hydrogen-bond donors (Lipinski definition) is 6. The predicted octanol–water partition coefficient (Wildman–Crippen LogP) is 2.26. The summed E-state index contributed by atoms with van der Waals surface area (Å²) in [5, 5.41) is 34.9. The second-order valence-corrected chi connectivity index (χ2v) is 17.3. The highest BCUT2D eigenvalue weighted by Gasteiger charge is 2.72. The van der Waals surface area contributed by atoms with Crippen molar-refractivity contribution in [1.29, 1.82) is 0 Å². The monoisotopic (exact) mass is 743 g/mol. The van der Waals surface area contributed by atoms with E-state index in [0.29, 0.717) is 19.3 Å². The first-order valence-electron chi connectivity index (χ1n) is 17.0. The van der Waals surface area contributed by atoms with Gasteiger partial charge in [-0.05, 0) is 68.9 Å². The zero-order valence-corrected chi connectivity index (χ0v) is 30.0. The van der Waals surface area contributed by atoms with Gasteiger partial charge in [-0.3, -0.25) is 23.4 Å². The molecule has 3 fully saturated rings. The number of allylic oxidation sites excluding steroid dienone is 4. The van der Waals surface area contributed by atoms with E-state index < -0.39 is 86.9 Å². The Morgan fingerprint density at radius 1 is 1.12 bits per heavy atom. The highest BCUT2D eigenvalue weighted by Crippen LogP contribution is 2.70. The van der Waals surface area contributed by atoms with Crippen LogP contribution in [0.4, 0.5) is 0 Å².